The van der Waals surface area contributed by atoms with E-state index in [1.54, 1.807) is 19.1 Å². The highest BCUT2D eigenvalue weighted by atomic mass is 79.9. The van der Waals surface area contributed by atoms with Crippen LogP contribution in [0.25, 0.3) is 6.08 Å². The van der Waals surface area contributed by atoms with Crippen LogP contribution in [0, 0.1) is 0 Å². The predicted octanol–water partition coefficient (Wildman–Crippen LogP) is 4.67. The maximum atomic E-state index is 13.0. The van der Waals surface area contributed by atoms with Crippen molar-refractivity contribution in [3.63, 3.8) is 0 Å². The van der Waals surface area contributed by atoms with E-state index in [1.165, 1.54) is 18.7 Å². The van der Waals surface area contributed by atoms with E-state index in [2.05, 4.69) is 31.2 Å². The molecule has 0 saturated heterocycles. The highest BCUT2D eigenvalue weighted by Gasteiger charge is 2.25. The van der Waals surface area contributed by atoms with E-state index in [1.807, 2.05) is 13.0 Å². The third-order valence-corrected chi connectivity index (χ3v) is 5.30. The largest absolute Gasteiger partial charge is 0.490 e. The molecule has 0 amide bonds. The Hall–Kier alpha value is -2.27. The van der Waals surface area contributed by atoms with Gasteiger partial charge in [-0.2, -0.15) is 9.78 Å². The van der Waals surface area contributed by atoms with E-state index in [4.69, 9.17) is 9.47 Å². The number of ether oxygens (including phenoxy) is 2. The van der Waals surface area contributed by atoms with Crippen molar-refractivity contribution < 1.29 is 23.0 Å². The number of allylic oxidation sites excluding steroid dienone is 1. The van der Waals surface area contributed by atoms with Gasteiger partial charge in [-0.05, 0) is 49.4 Å². The monoisotopic (exact) mass is 472 g/mol. The average molecular weight is 473 g/mol. The summed E-state index contributed by atoms with van der Waals surface area (Å²) >= 11 is 4.63. The van der Waals surface area contributed by atoms with Gasteiger partial charge >= 0.3 is 5.97 Å². The molecular weight excluding hydrogens is 458 g/mol. The Morgan fingerprint density at radius 2 is 2.11 bits per heavy atom. The fraction of sp³-hybridized carbons (Fsp3) is 0.294. The topological polar surface area (TPSA) is 78.6 Å². The first-order valence-electron chi connectivity index (χ1n) is 8.13. The molecular formula is C17H15BrF2N4O3S. The zero-order valence-corrected chi connectivity index (χ0v) is 17.5. The number of esters is 1. The molecule has 11 heteroatoms. The van der Waals surface area contributed by atoms with E-state index >= 15 is 0 Å². The van der Waals surface area contributed by atoms with Crippen LogP contribution >= 0.6 is 27.7 Å². The van der Waals surface area contributed by atoms with Gasteiger partial charge in [0.15, 0.2) is 11.5 Å². The third kappa shape index (κ3) is 4.25. The molecule has 0 fully saturated rings. The van der Waals surface area contributed by atoms with Crippen LogP contribution in [0.4, 0.5) is 8.78 Å². The standard InChI is InChI=1S/C17H15BrF2N4O3S/c1-4-26-12-5-10(11(18)7-13(12)27-9(3)25)6-14-8(2)23-24-16(15(19)20)21-22-17(24)28-14/h5-7,15H,4H2,1-3H3/b14-6-. The van der Waals surface area contributed by atoms with Crippen LogP contribution < -0.4 is 9.47 Å². The zero-order chi connectivity index (χ0) is 20.4. The Balaban J connectivity index is 1.99. The summed E-state index contributed by atoms with van der Waals surface area (Å²) in [6, 6.07) is 3.35. The van der Waals surface area contributed by atoms with Crippen molar-refractivity contribution >= 4 is 45.4 Å². The molecule has 7 nitrogen and oxygen atoms in total. The molecule has 0 spiro atoms. The summed E-state index contributed by atoms with van der Waals surface area (Å²) in [6.07, 6.45) is -0.950. The van der Waals surface area contributed by atoms with Crippen LogP contribution in [-0.2, 0) is 4.79 Å². The minimum Gasteiger partial charge on any atom is -0.490 e. The molecule has 1 aromatic carbocycles. The Bertz CT molecular complexity index is 991. The summed E-state index contributed by atoms with van der Waals surface area (Å²) in [4.78, 5) is 12.0. The molecule has 0 unspecified atom stereocenters. The zero-order valence-electron chi connectivity index (χ0n) is 15.1. The Morgan fingerprint density at radius 3 is 2.75 bits per heavy atom. The number of halogens is 3. The number of thioether (sulfide) groups is 1. The normalized spacial score (nSPS) is 14.8. The second-order valence-electron chi connectivity index (χ2n) is 5.60. The van der Waals surface area contributed by atoms with Crippen LogP contribution in [0.2, 0.25) is 0 Å². The van der Waals surface area contributed by atoms with Crippen molar-refractivity contribution in [1.82, 2.24) is 14.9 Å². The lowest BCUT2D eigenvalue weighted by molar-refractivity contribution is -0.132. The molecule has 0 radical (unpaired) electrons. The number of carbonyl (C=O) groups excluding carboxylic acids is 1. The molecule has 2 aromatic rings. The molecule has 3 rings (SSSR count). The molecule has 1 aliphatic rings. The van der Waals surface area contributed by atoms with Gasteiger partial charge < -0.3 is 9.47 Å². The maximum absolute atomic E-state index is 13.0. The van der Waals surface area contributed by atoms with Gasteiger partial charge in [0.05, 0.1) is 12.3 Å². The number of fused-ring (bicyclic) bond motifs is 1. The van der Waals surface area contributed by atoms with Crippen LogP contribution in [0.1, 0.15) is 38.6 Å². The van der Waals surface area contributed by atoms with Crippen molar-refractivity contribution in [3.8, 4) is 11.5 Å². The highest BCUT2D eigenvalue weighted by Crippen LogP contribution is 2.38. The Morgan fingerprint density at radius 1 is 1.36 bits per heavy atom. The SMILES string of the molecule is CCOc1cc(/C=C2\Sc3nnc(C(F)F)n3N=C2C)c(Br)cc1OC(C)=O. The van der Waals surface area contributed by atoms with Crippen LogP contribution in [0.15, 0.2) is 31.8 Å². The smallest absolute Gasteiger partial charge is 0.308 e. The minimum atomic E-state index is -2.76. The summed E-state index contributed by atoms with van der Waals surface area (Å²) in [6.45, 7) is 5.23. The second-order valence-corrected chi connectivity index (χ2v) is 7.46. The van der Waals surface area contributed by atoms with Gasteiger partial charge in [0.2, 0.25) is 11.0 Å². The average Bonchev–Trinajstić information content (AvgIpc) is 3.01. The van der Waals surface area contributed by atoms with Gasteiger partial charge in [0.25, 0.3) is 6.43 Å². The molecule has 0 saturated carbocycles. The first-order valence-corrected chi connectivity index (χ1v) is 9.74. The van der Waals surface area contributed by atoms with Crippen LogP contribution in [0.3, 0.4) is 0 Å². The number of carbonyl (C=O) groups is 1. The number of hydrogen-bond acceptors (Lipinski definition) is 7. The van der Waals surface area contributed by atoms with Crippen LogP contribution in [-0.4, -0.2) is 33.2 Å². The fourth-order valence-electron chi connectivity index (χ4n) is 2.38. The van der Waals surface area contributed by atoms with Gasteiger partial charge in [0, 0.05) is 16.3 Å². The maximum Gasteiger partial charge on any atom is 0.308 e. The molecule has 28 heavy (non-hydrogen) atoms. The number of aromatic nitrogens is 3. The number of benzene rings is 1. The summed E-state index contributed by atoms with van der Waals surface area (Å²) < 4.78 is 38.4. The van der Waals surface area contributed by atoms with Crippen LogP contribution in [0.5, 0.6) is 11.5 Å². The fourth-order valence-corrected chi connectivity index (χ4v) is 3.69. The lowest BCUT2D eigenvalue weighted by atomic mass is 10.1. The summed E-state index contributed by atoms with van der Waals surface area (Å²) in [7, 11) is 0. The van der Waals surface area contributed by atoms with Gasteiger partial charge in [-0.25, -0.2) is 8.78 Å². The molecule has 1 aromatic heterocycles. The van der Waals surface area contributed by atoms with Crippen molar-refractivity contribution in [2.45, 2.75) is 32.4 Å². The van der Waals surface area contributed by atoms with Crippen molar-refractivity contribution in [1.29, 1.82) is 0 Å². The number of nitrogens with zero attached hydrogens (tertiary/aromatic N) is 4. The number of alkyl halides is 2. The molecule has 148 valence electrons. The highest BCUT2D eigenvalue weighted by molar-refractivity contribution is 9.10. The molecule has 0 bridgehead atoms. The van der Waals surface area contributed by atoms with Crippen molar-refractivity contribution in [2.24, 2.45) is 5.10 Å². The summed E-state index contributed by atoms with van der Waals surface area (Å²) in [5.74, 6) is -0.247. The van der Waals surface area contributed by atoms with Gasteiger partial charge in [-0.3, -0.25) is 4.79 Å². The van der Waals surface area contributed by atoms with E-state index in [0.717, 1.165) is 10.2 Å². The lowest BCUT2D eigenvalue weighted by Gasteiger charge is -2.15. The summed E-state index contributed by atoms with van der Waals surface area (Å²) in [5, 5.41) is 11.7. The van der Waals surface area contributed by atoms with E-state index < -0.39 is 18.2 Å². The first-order chi connectivity index (χ1) is 13.3. The summed E-state index contributed by atoms with van der Waals surface area (Å²) in [5.41, 5.74) is 1.27. The number of hydrogen-bond donors (Lipinski definition) is 0. The van der Waals surface area contributed by atoms with Gasteiger partial charge in [0.1, 0.15) is 0 Å². The third-order valence-electron chi connectivity index (χ3n) is 3.54. The Kier molecular flexibility index (Phi) is 6.14. The van der Waals surface area contributed by atoms with E-state index in [-0.39, 0.29) is 5.16 Å². The quantitative estimate of drug-likeness (QED) is 0.464. The van der Waals surface area contributed by atoms with E-state index in [9.17, 15) is 13.6 Å². The molecule has 0 aliphatic carbocycles. The first kappa shape index (κ1) is 20.5. The predicted molar refractivity (Wildman–Crippen MR) is 104 cm³/mol. The van der Waals surface area contributed by atoms with Gasteiger partial charge in [-0.15, -0.1) is 10.2 Å². The number of rotatable bonds is 5. The van der Waals surface area contributed by atoms with Crippen molar-refractivity contribution in [3.05, 3.63) is 32.9 Å². The molecule has 2 heterocycles. The second kappa shape index (κ2) is 8.39. The van der Waals surface area contributed by atoms with E-state index in [0.29, 0.717) is 33.2 Å². The lowest BCUT2D eigenvalue weighted by Crippen LogP contribution is -2.09. The minimum absolute atomic E-state index is 0.254. The Labute approximate surface area is 171 Å². The van der Waals surface area contributed by atoms with Crippen molar-refractivity contribution in [2.75, 3.05) is 6.61 Å². The van der Waals surface area contributed by atoms with Gasteiger partial charge in [-0.1, -0.05) is 15.9 Å². The molecule has 1 aliphatic heterocycles. The molecule has 0 atom stereocenters. The molecule has 0 N–H and O–H groups in total.